The molecule has 1 aliphatic carbocycles. The third-order valence-corrected chi connectivity index (χ3v) is 6.18. The van der Waals surface area contributed by atoms with Crippen molar-refractivity contribution in [3.8, 4) is 0 Å². The highest BCUT2D eigenvalue weighted by Gasteiger charge is 2.37. The van der Waals surface area contributed by atoms with E-state index in [0.717, 1.165) is 22.8 Å². The summed E-state index contributed by atoms with van der Waals surface area (Å²) >= 11 is 0. The van der Waals surface area contributed by atoms with Crippen LogP contribution < -0.4 is 0 Å². The fourth-order valence-electron chi connectivity index (χ4n) is 4.20. The van der Waals surface area contributed by atoms with E-state index < -0.39 is 5.97 Å². The molecular weight excluding hydrogens is 344 g/mol. The van der Waals surface area contributed by atoms with E-state index in [-0.39, 0.29) is 10.8 Å². The smallest absolute Gasteiger partial charge is 0.328 e. The van der Waals surface area contributed by atoms with Crippen LogP contribution in [0.2, 0.25) is 0 Å². The van der Waals surface area contributed by atoms with Crippen LogP contribution in [0.4, 0.5) is 0 Å². The maximum Gasteiger partial charge on any atom is 0.328 e. The SMILES string of the molecule is C=C(c1cccc(C=CC(=O)O)c1)c1cc2c(cc1C)C(C)(C)CCC2(C)C. The summed E-state index contributed by atoms with van der Waals surface area (Å²) in [5.41, 5.74) is 8.48. The van der Waals surface area contributed by atoms with E-state index in [0.29, 0.717) is 0 Å². The van der Waals surface area contributed by atoms with Gasteiger partial charge in [-0.25, -0.2) is 4.79 Å². The molecule has 0 spiro atoms. The van der Waals surface area contributed by atoms with Gasteiger partial charge in [0.2, 0.25) is 0 Å². The largest absolute Gasteiger partial charge is 0.478 e. The number of benzene rings is 2. The molecule has 1 aliphatic rings. The number of hydrogen-bond acceptors (Lipinski definition) is 1. The molecule has 0 saturated carbocycles. The molecule has 0 heterocycles. The molecule has 0 amide bonds. The molecule has 28 heavy (non-hydrogen) atoms. The van der Waals surface area contributed by atoms with E-state index in [1.54, 1.807) is 6.08 Å². The molecule has 2 aromatic rings. The highest BCUT2D eigenvalue weighted by Crippen LogP contribution is 2.47. The molecule has 0 radical (unpaired) electrons. The molecule has 0 fully saturated rings. The monoisotopic (exact) mass is 374 g/mol. The van der Waals surface area contributed by atoms with E-state index in [9.17, 15) is 4.79 Å². The van der Waals surface area contributed by atoms with Crippen LogP contribution in [0.25, 0.3) is 11.6 Å². The van der Waals surface area contributed by atoms with Gasteiger partial charge in [0.15, 0.2) is 0 Å². The van der Waals surface area contributed by atoms with E-state index in [4.69, 9.17) is 5.11 Å². The minimum Gasteiger partial charge on any atom is -0.478 e. The van der Waals surface area contributed by atoms with E-state index in [1.807, 2.05) is 24.3 Å². The maximum atomic E-state index is 10.8. The summed E-state index contributed by atoms with van der Waals surface area (Å²) in [6.07, 6.45) is 5.16. The van der Waals surface area contributed by atoms with Gasteiger partial charge in [0.25, 0.3) is 0 Å². The molecule has 0 atom stereocenters. The van der Waals surface area contributed by atoms with Gasteiger partial charge in [-0.15, -0.1) is 0 Å². The first-order chi connectivity index (χ1) is 13.0. The van der Waals surface area contributed by atoms with Crippen molar-refractivity contribution in [3.63, 3.8) is 0 Å². The van der Waals surface area contributed by atoms with Crippen LogP contribution in [0.1, 0.15) is 73.9 Å². The zero-order chi connectivity index (χ0) is 20.7. The van der Waals surface area contributed by atoms with Crippen molar-refractivity contribution in [2.45, 2.75) is 58.3 Å². The van der Waals surface area contributed by atoms with E-state index >= 15 is 0 Å². The van der Waals surface area contributed by atoms with Crippen molar-refractivity contribution in [1.29, 1.82) is 0 Å². The molecule has 0 saturated heterocycles. The van der Waals surface area contributed by atoms with Crippen molar-refractivity contribution >= 4 is 17.6 Å². The standard InChI is InChI=1S/C26H30O2/c1-17-14-22-23(26(5,6)13-12-25(22,3)4)16-21(17)18(2)20-9-7-8-19(15-20)10-11-24(27)28/h7-11,14-16H,2,12-13H2,1,3-6H3,(H,27,28). The number of hydrogen-bond donors (Lipinski definition) is 1. The van der Waals surface area contributed by atoms with E-state index in [1.165, 1.54) is 35.1 Å². The number of aryl methyl sites for hydroxylation is 1. The Labute approximate surface area is 168 Å². The van der Waals surface area contributed by atoms with E-state index in [2.05, 4.69) is 53.3 Å². The number of rotatable bonds is 4. The molecular formula is C26H30O2. The summed E-state index contributed by atoms with van der Waals surface area (Å²) in [5.74, 6) is -0.945. The fraction of sp³-hybridized carbons (Fsp3) is 0.346. The summed E-state index contributed by atoms with van der Waals surface area (Å²) < 4.78 is 0. The number of aliphatic carboxylic acids is 1. The lowest BCUT2D eigenvalue weighted by atomic mass is 9.62. The normalized spacial score (nSPS) is 17.3. The van der Waals surface area contributed by atoms with Crippen molar-refractivity contribution < 1.29 is 9.90 Å². The van der Waals surface area contributed by atoms with Gasteiger partial charge in [-0.2, -0.15) is 0 Å². The Hall–Kier alpha value is -2.61. The van der Waals surface area contributed by atoms with Gasteiger partial charge in [0, 0.05) is 6.08 Å². The van der Waals surface area contributed by atoms with Crippen molar-refractivity contribution in [3.05, 3.63) is 82.4 Å². The molecule has 0 aromatic heterocycles. The molecule has 1 N–H and O–H groups in total. The van der Waals surface area contributed by atoms with Crippen LogP contribution in [0.3, 0.4) is 0 Å². The Morgan fingerprint density at radius 2 is 1.64 bits per heavy atom. The summed E-state index contributed by atoms with van der Waals surface area (Å²) in [6.45, 7) is 15.9. The van der Waals surface area contributed by atoms with Gasteiger partial charge in [-0.1, -0.05) is 64.6 Å². The van der Waals surface area contributed by atoms with Gasteiger partial charge in [-0.05, 0) is 81.7 Å². The third-order valence-electron chi connectivity index (χ3n) is 6.18. The second-order valence-corrected chi connectivity index (χ2v) is 9.26. The van der Waals surface area contributed by atoms with Crippen LogP contribution in [-0.2, 0) is 15.6 Å². The molecule has 146 valence electrons. The molecule has 2 aromatic carbocycles. The Morgan fingerprint density at radius 1 is 1.04 bits per heavy atom. The fourth-order valence-corrected chi connectivity index (χ4v) is 4.20. The summed E-state index contributed by atoms with van der Waals surface area (Å²) in [7, 11) is 0. The Kier molecular flexibility index (Phi) is 5.10. The van der Waals surface area contributed by atoms with Crippen molar-refractivity contribution in [2.75, 3.05) is 0 Å². The molecule has 0 aliphatic heterocycles. The second-order valence-electron chi connectivity index (χ2n) is 9.26. The predicted molar refractivity (Wildman–Crippen MR) is 118 cm³/mol. The first-order valence-corrected chi connectivity index (χ1v) is 9.88. The highest BCUT2D eigenvalue weighted by molar-refractivity contribution is 5.86. The molecule has 3 rings (SSSR count). The summed E-state index contributed by atoms with van der Waals surface area (Å²) in [4.78, 5) is 10.8. The number of carbonyl (C=O) groups is 1. The summed E-state index contributed by atoms with van der Waals surface area (Å²) in [6, 6.07) is 12.6. The lowest BCUT2D eigenvalue weighted by Gasteiger charge is -2.42. The zero-order valence-electron chi connectivity index (χ0n) is 17.6. The average molecular weight is 375 g/mol. The van der Waals surface area contributed by atoms with Crippen molar-refractivity contribution in [1.82, 2.24) is 0 Å². The van der Waals surface area contributed by atoms with Crippen LogP contribution in [0.15, 0.2) is 49.1 Å². The third kappa shape index (κ3) is 3.82. The Balaban J connectivity index is 2.07. The van der Waals surface area contributed by atoms with Gasteiger partial charge in [0.05, 0.1) is 0 Å². The lowest BCUT2D eigenvalue weighted by Crippen LogP contribution is -2.34. The van der Waals surface area contributed by atoms with Crippen LogP contribution in [-0.4, -0.2) is 11.1 Å². The number of fused-ring (bicyclic) bond motifs is 1. The first-order valence-electron chi connectivity index (χ1n) is 9.88. The zero-order valence-corrected chi connectivity index (χ0v) is 17.6. The minimum atomic E-state index is -0.945. The van der Waals surface area contributed by atoms with Gasteiger partial charge >= 0.3 is 5.97 Å². The van der Waals surface area contributed by atoms with Gasteiger partial charge in [0.1, 0.15) is 0 Å². The predicted octanol–water partition coefficient (Wildman–Crippen LogP) is 6.50. The topological polar surface area (TPSA) is 37.3 Å². The quantitative estimate of drug-likeness (QED) is 0.620. The Morgan fingerprint density at radius 3 is 2.25 bits per heavy atom. The summed E-state index contributed by atoms with van der Waals surface area (Å²) in [5, 5.41) is 8.87. The minimum absolute atomic E-state index is 0.152. The Bertz CT molecular complexity index is 974. The molecule has 2 heteroatoms. The lowest BCUT2D eigenvalue weighted by molar-refractivity contribution is -0.131. The molecule has 0 bridgehead atoms. The molecule has 2 nitrogen and oxygen atoms in total. The van der Waals surface area contributed by atoms with Crippen LogP contribution in [0.5, 0.6) is 0 Å². The van der Waals surface area contributed by atoms with Crippen LogP contribution >= 0.6 is 0 Å². The molecule has 0 unspecified atom stereocenters. The number of carboxylic acids is 1. The number of carboxylic acid groups (broad SMARTS) is 1. The van der Waals surface area contributed by atoms with Gasteiger partial charge < -0.3 is 5.11 Å². The average Bonchev–Trinajstić information content (AvgIpc) is 2.63. The van der Waals surface area contributed by atoms with Gasteiger partial charge in [-0.3, -0.25) is 0 Å². The maximum absolute atomic E-state index is 10.8. The second kappa shape index (κ2) is 7.09. The van der Waals surface area contributed by atoms with Crippen molar-refractivity contribution in [2.24, 2.45) is 0 Å². The first kappa shape index (κ1) is 20.1. The highest BCUT2D eigenvalue weighted by atomic mass is 16.4. The van der Waals surface area contributed by atoms with Crippen LogP contribution in [0, 0.1) is 6.92 Å².